The second-order valence-electron chi connectivity index (χ2n) is 5.83. The SMILES string of the molecule is COc1ccc(-c2cc(C(=O)Nc3ccc4c(c3)OCO4)sc2C)cc1. The number of hydrogen-bond donors (Lipinski definition) is 1. The quantitative estimate of drug-likeness (QED) is 0.725. The van der Waals surface area contributed by atoms with Crippen LogP contribution in [0.15, 0.2) is 48.5 Å². The highest BCUT2D eigenvalue weighted by atomic mass is 32.1. The number of nitrogens with one attached hydrogen (secondary N) is 1. The third-order valence-electron chi connectivity index (χ3n) is 4.17. The minimum Gasteiger partial charge on any atom is -0.497 e. The van der Waals surface area contributed by atoms with Crippen molar-refractivity contribution in [1.82, 2.24) is 0 Å². The maximum absolute atomic E-state index is 12.6. The molecule has 132 valence electrons. The molecule has 0 atom stereocenters. The Morgan fingerprint density at radius 3 is 2.62 bits per heavy atom. The van der Waals surface area contributed by atoms with E-state index in [9.17, 15) is 4.79 Å². The second kappa shape index (κ2) is 6.72. The van der Waals surface area contributed by atoms with Crippen molar-refractivity contribution in [3.8, 4) is 28.4 Å². The van der Waals surface area contributed by atoms with Crippen molar-refractivity contribution in [2.24, 2.45) is 0 Å². The molecule has 4 rings (SSSR count). The summed E-state index contributed by atoms with van der Waals surface area (Å²) >= 11 is 1.47. The average molecular weight is 367 g/mol. The van der Waals surface area contributed by atoms with Crippen LogP contribution < -0.4 is 19.5 Å². The number of aryl methyl sites for hydroxylation is 1. The monoisotopic (exact) mass is 367 g/mol. The van der Waals surface area contributed by atoms with Crippen molar-refractivity contribution in [1.29, 1.82) is 0 Å². The van der Waals surface area contributed by atoms with E-state index in [1.807, 2.05) is 37.3 Å². The molecular formula is C20H17NO4S. The van der Waals surface area contributed by atoms with E-state index in [1.54, 1.807) is 25.3 Å². The summed E-state index contributed by atoms with van der Waals surface area (Å²) < 4.78 is 15.8. The van der Waals surface area contributed by atoms with Gasteiger partial charge in [0.15, 0.2) is 11.5 Å². The molecule has 0 unspecified atom stereocenters. The van der Waals surface area contributed by atoms with Gasteiger partial charge in [-0.3, -0.25) is 4.79 Å². The van der Waals surface area contributed by atoms with Gasteiger partial charge in [0.1, 0.15) is 5.75 Å². The molecule has 1 aromatic heterocycles. The highest BCUT2D eigenvalue weighted by molar-refractivity contribution is 7.14. The number of fused-ring (bicyclic) bond motifs is 1. The van der Waals surface area contributed by atoms with Crippen molar-refractivity contribution in [2.45, 2.75) is 6.92 Å². The number of thiophene rings is 1. The summed E-state index contributed by atoms with van der Waals surface area (Å²) in [6.45, 7) is 2.23. The van der Waals surface area contributed by atoms with Crippen molar-refractivity contribution >= 4 is 22.9 Å². The molecule has 2 aromatic carbocycles. The van der Waals surface area contributed by atoms with E-state index >= 15 is 0 Å². The van der Waals surface area contributed by atoms with E-state index in [1.165, 1.54) is 11.3 Å². The van der Waals surface area contributed by atoms with E-state index in [-0.39, 0.29) is 12.7 Å². The molecule has 1 aliphatic rings. The zero-order valence-corrected chi connectivity index (χ0v) is 15.2. The third kappa shape index (κ3) is 3.11. The summed E-state index contributed by atoms with van der Waals surface area (Å²) in [4.78, 5) is 14.4. The fourth-order valence-electron chi connectivity index (χ4n) is 2.82. The van der Waals surface area contributed by atoms with Crippen molar-refractivity contribution in [2.75, 3.05) is 19.2 Å². The molecule has 0 aliphatic carbocycles. The Bertz CT molecular complexity index is 962. The molecule has 1 N–H and O–H groups in total. The Balaban J connectivity index is 1.55. The molecule has 0 spiro atoms. The van der Waals surface area contributed by atoms with Gasteiger partial charge in [-0.2, -0.15) is 0 Å². The first-order valence-electron chi connectivity index (χ1n) is 8.10. The van der Waals surface area contributed by atoms with Crippen LogP contribution in [0.5, 0.6) is 17.2 Å². The molecule has 2 heterocycles. The topological polar surface area (TPSA) is 56.8 Å². The molecule has 3 aromatic rings. The summed E-state index contributed by atoms with van der Waals surface area (Å²) in [7, 11) is 1.64. The number of hydrogen-bond acceptors (Lipinski definition) is 5. The van der Waals surface area contributed by atoms with Gasteiger partial charge in [0.25, 0.3) is 5.91 Å². The van der Waals surface area contributed by atoms with Gasteiger partial charge >= 0.3 is 0 Å². The van der Waals surface area contributed by atoms with Crippen LogP contribution in [0.25, 0.3) is 11.1 Å². The number of ether oxygens (including phenoxy) is 3. The molecule has 0 bridgehead atoms. The van der Waals surface area contributed by atoms with Gasteiger partial charge in [-0.25, -0.2) is 0 Å². The maximum atomic E-state index is 12.6. The number of benzene rings is 2. The molecule has 26 heavy (non-hydrogen) atoms. The molecule has 1 amide bonds. The third-order valence-corrected chi connectivity index (χ3v) is 5.22. The standard InChI is InChI=1S/C20H17NO4S/c1-12-16(13-3-6-15(23-2)7-4-13)10-19(26-12)20(22)21-14-5-8-17-18(9-14)25-11-24-17/h3-10H,11H2,1-2H3,(H,21,22). The van der Waals surface area contributed by atoms with Crippen LogP contribution in [0.1, 0.15) is 14.5 Å². The summed E-state index contributed by atoms with van der Waals surface area (Å²) in [5, 5.41) is 2.91. The summed E-state index contributed by atoms with van der Waals surface area (Å²) in [6.07, 6.45) is 0. The number of amides is 1. The first-order valence-corrected chi connectivity index (χ1v) is 8.91. The molecule has 0 saturated heterocycles. The highest BCUT2D eigenvalue weighted by Crippen LogP contribution is 2.35. The van der Waals surface area contributed by atoms with Crippen LogP contribution >= 0.6 is 11.3 Å². The van der Waals surface area contributed by atoms with Crippen molar-refractivity contribution < 1.29 is 19.0 Å². The average Bonchev–Trinajstić information content (AvgIpc) is 3.28. The Hall–Kier alpha value is -2.99. The minimum atomic E-state index is -0.142. The minimum absolute atomic E-state index is 0.142. The van der Waals surface area contributed by atoms with Crippen LogP contribution in [0.4, 0.5) is 5.69 Å². The van der Waals surface area contributed by atoms with Gasteiger partial charge in [0.05, 0.1) is 12.0 Å². The van der Waals surface area contributed by atoms with Gasteiger partial charge in [-0.15, -0.1) is 11.3 Å². The Kier molecular flexibility index (Phi) is 4.26. The van der Waals surface area contributed by atoms with Gasteiger partial charge < -0.3 is 19.5 Å². The molecule has 0 saturated carbocycles. The Labute approximate surface area is 155 Å². The summed E-state index contributed by atoms with van der Waals surface area (Å²) in [5.74, 6) is 2.00. The van der Waals surface area contributed by atoms with E-state index in [0.29, 0.717) is 22.1 Å². The zero-order chi connectivity index (χ0) is 18.1. The van der Waals surface area contributed by atoms with Crippen LogP contribution in [0.2, 0.25) is 0 Å². The molecule has 5 nitrogen and oxygen atoms in total. The molecular weight excluding hydrogens is 350 g/mol. The lowest BCUT2D eigenvalue weighted by molar-refractivity contribution is 0.103. The van der Waals surface area contributed by atoms with Crippen LogP contribution in [0, 0.1) is 6.92 Å². The van der Waals surface area contributed by atoms with Crippen LogP contribution in [-0.4, -0.2) is 19.8 Å². The highest BCUT2D eigenvalue weighted by Gasteiger charge is 2.17. The number of anilines is 1. The largest absolute Gasteiger partial charge is 0.497 e. The normalized spacial score (nSPS) is 12.1. The fraction of sp³-hybridized carbons (Fsp3) is 0.150. The predicted molar refractivity (Wildman–Crippen MR) is 102 cm³/mol. The summed E-state index contributed by atoms with van der Waals surface area (Å²) in [6, 6.07) is 15.1. The van der Waals surface area contributed by atoms with Gasteiger partial charge in [0, 0.05) is 16.6 Å². The van der Waals surface area contributed by atoms with Crippen LogP contribution in [-0.2, 0) is 0 Å². The Morgan fingerprint density at radius 1 is 1.08 bits per heavy atom. The number of carbonyl (C=O) groups excluding carboxylic acids is 1. The van der Waals surface area contributed by atoms with Gasteiger partial charge in [0.2, 0.25) is 6.79 Å². The molecule has 0 fully saturated rings. The predicted octanol–water partition coefficient (Wildman–Crippen LogP) is 4.71. The van der Waals surface area contributed by atoms with E-state index in [4.69, 9.17) is 14.2 Å². The Morgan fingerprint density at radius 2 is 1.85 bits per heavy atom. The van der Waals surface area contributed by atoms with Crippen molar-refractivity contribution in [3.05, 3.63) is 58.3 Å². The van der Waals surface area contributed by atoms with E-state index in [2.05, 4.69) is 5.32 Å². The lowest BCUT2D eigenvalue weighted by Gasteiger charge is -2.04. The number of rotatable bonds is 4. The zero-order valence-electron chi connectivity index (χ0n) is 14.4. The number of carbonyl (C=O) groups is 1. The number of methoxy groups -OCH3 is 1. The van der Waals surface area contributed by atoms with E-state index < -0.39 is 0 Å². The molecule has 1 aliphatic heterocycles. The summed E-state index contributed by atoms with van der Waals surface area (Å²) in [5.41, 5.74) is 2.78. The molecule has 0 radical (unpaired) electrons. The van der Waals surface area contributed by atoms with Crippen molar-refractivity contribution in [3.63, 3.8) is 0 Å². The maximum Gasteiger partial charge on any atom is 0.265 e. The van der Waals surface area contributed by atoms with Gasteiger partial charge in [-0.05, 0) is 48.4 Å². The fourth-order valence-corrected chi connectivity index (χ4v) is 3.76. The van der Waals surface area contributed by atoms with Crippen LogP contribution in [0.3, 0.4) is 0 Å². The lowest BCUT2D eigenvalue weighted by atomic mass is 10.1. The smallest absolute Gasteiger partial charge is 0.265 e. The van der Waals surface area contributed by atoms with Gasteiger partial charge in [-0.1, -0.05) is 12.1 Å². The lowest BCUT2D eigenvalue weighted by Crippen LogP contribution is -2.09. The second-order valence-corrected chi connectivity index (χ2v) is 7.09. The first-order chi connectivity index (χ1) is 12.6. The first kappa shape index (κ1) is 16.5. The van der Waals surface area contributed by atoms with E-state index in [0.717, 1.165) is 21.8 Å². The molecule has 6 heteroatoms.